The molecule has 2 heterocycles. The highest BCUT2D eigenvalue weighted by molar-refractivity contribution is 5.83. The number of fused-ring (bicyclic) bond motifs is 1. The Balaban J connectivity index is 2.76. The second-order valence-electron chi connectivity index (χ2n) is 4.74. The first-order valence-corrected chi connectivity index (χ1v) is 6.03. The lowest BCUT2D eigenvalue weighted by atomic mass is 10.2. The summed E-state index contributed by atoms with van der Waals surface area (Å²) in [6.45, 7) is 9.21. The van der Waals surface area contributed by atoms with Crippen molar-refractivity contribution >= 4 is 11.0 Å². The van der Waals surface area contributed by atoms with Crippen LogP contribution in [0.3, 0.4) is 0 Å². The standard InChI is InChI=1S/C13H20N4/c1-8(2)17-7-11(6-14-5)12-9(3)15-10(4)16-13(12)17/h7-8,14H,6H2,1-5H3. The summed E-state index contributed by atoms with van der Waals surface area (Å²) in [5.41, 5.74) is 3.39. The molecule has 1 N–H and O–H groups in total. The molecule has 0 fully saturated rings. The molecule has 0 unspecified atom stereocenters. The number of aryl methyl sites for hydroxylation is 2. The molecule has 0 aliphatic heterocycles. The zero-order valence-electron chi connectivity index (χ0n) is 11.2. The molecule has 2 aromatic heterocycles. The first-order chi connectivity index (χ1) is 8.04. The third-order valence-electron chi connectivity index (χ3n) is 2.97. The fourth-order valence-corrected chi connectivity index (χ4v) is 2.27. The van der Waals surface area contributed by atoms with Gasteiger partial charge in [-0.25, -0.2) is 9.97 Å². The molecule has 2 rings (SSSR count). The lowest BCUT2D eigenvalue weighted by Gasteiger charge is -2.08. The highest BCUT2D eigenvalue weighted by Crippen LogP contribution is 2.25. The number of nitrogens with one attached hydrogen (secondary N) is 1. The average Bonchev–Trinajstić information content (AvgIpc) is 2.57. The van der Waals surface area contributed by atoms with Gasteiger partial charge in [0.15, 0.2) is 0 Å². The SMILES string of the molecule is CNCc1cn(C(C)C)c2nc(C)nc(C)c12. The van der Waals surface area contributed by atoms with E-state index in [1.165, 1.54) is 10.9 Å². The quantitative estimate of drug-likeness (QED) is 0.883. The van der Waals surface area contributed by atoms with Gasteiger partial charge in [-0.1, -0.05) is 0 Å². The normalized spacial score (nSPS) is 11.6. The summed E-state index contributed by atoms with van der Waals surface area (Å²) in [7, 11) is 1.96. The van der Waals surface area contributed by atoms with Crippen LogP contribution in [0.15, 0.2) is 6.20 Å². The highest BCUT2D eigenvalue weighted by Gasteiger charge is 2.14. The summed E-state index contributed by atoms with van der Waals surface area (Å²) < 4.78 is 2.23. The second-order valence-corrected chi connectivity index (χ2v) is 4.74. The Labute approximate surface area is 102 Å². The highest BCUT2D eigenvalue weighted by atomic mass is 15.1. The van der Waals surface area contributed by atoms with Crippen LogP contribution in [0.2, 0.25) is 0 Å². The number of rotatable bonds is 3. The molecule has 0 aliphatic carbocycles. The van der Waals surface area contributed by atoms with Crippen molar-refractivity contribution in [1.29, 1.82) is 0 Å². The van der Waals surface area contributed by atoms with Gasteiger partial charge in [0.05, 0.1) is 5.69 Å². The van der Waals surface area contributed by atoms with E-state index < -0.39 is 0 Å². The monoisotopic (exact) mass is 232 g/mol. The van der Waals surface area contributed by atoms with Gasteiger partial charge >= 0.3 is 0 Å². The van der Waals surface area contributed by atoms with Gasteiger partial charge in [-0.3, -0.25) is 0 Å². The Morgan fingerprint density at radius 1 is 1.29 bits per heavy atom. The lowest BCUT2D eigenvalue weighted by Crippen LogP contribution is -2.05. The smallest absolute Gasteiger partial charge is 0.144 e. The Hall–Kier alpha value is -1.42. The van der Waals surface area contributed by atoms with Crippen LogP contribution in [0, 0.1) is 13.8 Å². The first kappa shape index (κ1) is 12.0. The van der Waals surface area contributed by atoms with Gasteiger partial charge in [-0.15, -0.1) is 0 Å². The summed E-state index contributed by atoms with van der Waals surface area (Å²) in [4.78, 5) is 9.05. The summed E-state index contributed by atoms with van der Waals surface area (Å²) in [5, 5.41) is 4.39. The molecule has 0 atom stereocenters. The van der Waals surface area contributed by atoms with Crippen LogP contribution in [-0.2, 0) is 6.54 Å². The van der Waals surface area contributed by atoms with E-state index in [2.05, 4.69) is 46.8 Å². The lowest BCUT2D eigenvalue weighted by molar-refractivity contribution is 0.614. The molecule has 0 amide bonds. The topological polar surface area (TPSA) is 42.7 Å². The van der Waals surface area contributed by atoms with E-state index in [-0.39, 0.29) is 0 Å². The predicted molar refractivity (Wildman–Crippen MR) is 70.2 cm³/mol. The third kappa shape index (κ3) is 2.05. The summed E-state index contributed by atoms with van der Waals surface area (Å²) in [5.74, 6) is 0.839. The van der Waals surface area contributed by atoms with Gasteiger partial charge < -0.3 is 9.88 Å². The molecule has 4 nitrogen and oxygen atoms in total. The van der Waals surface area contributed by atoms with Crippen molar-refractivity contribution in [3.8, 4) is 0 Å². The first-order valence-electron chi connectivity index (χ1n) is 6.03. The maximum Gasteiger partial charge on any atom is 0.144 e. The Morgan fingerprint density at radius 2 is 2.00 bits per heavy atom. The van der Waals surface area contributed by atoms with E-state index in [4.69, 9.17) is 0 Å². The minimum atomic E-state index is 0.414. The largest absolute Gasteiger partial charge is 0.330 e. The van der Waals surface area contributed by atoms with Crippen molar-refractivity contribution in [3.05, 3.63) is 23.3 Å². The number of nitrogens with zero attached hydrogens (tertiary/aromatic N) is 3. The molecule has 0 spiro atoms. The van der Waals surface area contributed by atoms with Gasteiger partial charge in [0.1, 0.15) is 11.5 Å². The van der Waals surface area contributed by atoms with E-state index in [1.54, 1.807) is 0 Å². The summed E-state index contributed by atoms with van der Waals surface area (Å²) in [6.07, 6.45) is 2.19. The molecule has 0 radical (unpaired) electrons. The second kappa shape index (κ2) is 4.45. The van der Waals surface area contributed by atoms with Crippen LogP contribution in [0.1, 0.15) is 37.0 Å². The zero-order valence-corrected chi connectivity index (χ0v) is 11.2. The zero-order chi connectivity index (χ0) is 12.6. The van der Waals surface area contributed by atoms with Gasteiger partial charge in [0, 0.05) is 24.2 Å². The molecular formula is C13H20N4. The Bertz CT molecular complexity index is 540. The van der Waals surface area contributed by atoms with E-state index in [9.17, 15) is 0 Å². The average molecular weight is 232 g/mol. The third-order valence-corrected chi connectivity index (χ3v) is 2.97. The minimum absolute atomic E-state index is 0.414. The van der Waals surface area contributed by atoms with E-state index in [0.717, 1.165) is 23.7 Å². The van der Waals surface area contributed by atoms with Crippen molar-refractivity contribution in [3.63, 3.8) is 0 Å². The number of aromatic nitrogens is 3. The fourth-order valence-electron chi connectivity index (χ4n) is 2.27. The van der Waals surface area contributed by atoms with Gasteiger partial charge in [-0.2, -0.15) is 0 Å². The molecule has 0 aromatic carbocycles. The maximum absolute atomic E-state index is 4.58. The summed E-state index contributed by atoms with van der Waals surface area (Å²) >= 11 is 0. The fraction of sp³-hybridized carbons (Fsp3) is 0.538. The van der Waals surface area contributed by atoms with Gasteiger partial charge in [0.25, 0.3) is 0 Å². The van der Waals surface area contributed by atoms with Crippen LogP contribution in [0.4, 0.5) is 0 Å². The van der Waals surface area contributed by atoms with Crippen LogP contribution in [0.25, 0.3) is 11.0 Å². The van der Waals surface area contributed by atoms with E-state index in [0.29, 0.717) is 6.04 Å². The molecule has 0 saturated carbocycles. The van der Waals surface area contributed by atoms with Crippen molar-refractivity contribution in [2.75, 3.05) is 7.05 Å². The van der Waals surface area contributed by atoms with E-state index >= 15 is 0 Å². The van der Waals surface area contributed by atoms with Crippen molar-refractivity contribution in [1.82, 2.24) is 19.9 Å². The van der Waals surface area contributed by atoms with Crippen LogP contribution < -0.4 is 5.32 Å². The van der Waals surface area contributed by atoms with Gasteiger partial charge in [-0.05, 0) is 40.3 Å². The predicted octanol–water partition coefficient (Wildman–Crippen LogP) is 2.35. The molecule has 2 aromatic rings. The molecule has 92 valence electrons. The Morgan fingerprint density at radius 3 is 2.59 bits per heavy atom. The minimum Gasteiger partial charge on any atom is -0.330 e. The number of hydrogen-bond acceptors (Lipinski definition) is 3. The van der Waals surface area contributed by atoms with Crippen molar-refractivity contribution < 1.29 is 0 Å². The molecule has 0 aliphatic rings. The van der Waals surface area contributed by atoms with Gasteiger partial charge in [0.2, 0.25) is 0 Å². The molecule has 17 heavy (non-hydrogen) atoms. The number of hydrogen-bond donors (Lipinski definition) is 1. The van der Waals surface area contributed by atoms with E-state index in [1.807, 2.05) is 14.0 Å². The molecular weight excluding hydrogens is 212 g/mol. The van der Waals surface area contributed by atoms with Crippen molar-refractivity contribution in [2.45, 2.75) is 40.3 Å². The van der Waals surface area contributed by atoms with Crippen LogP contribution in [-0.4, -0.2) is 21.6 Å². The molecule has 0 bridgehead atoms. The summed E-state index contributed by atoms with van der Waals surface area (Å²) in [6, 6.07) is 0.414. The molecule has 4 heteroatoms. The molecule has 0 saturated heterocycles. The van der Waals surface area contributed by atoms with Crippen LogP contribution >= 0.6 is 0 Å². The maximum atomic E-state index is 4.58. The van der Waals surface area contributed by atoms with Crippen molar-refractivity contribution in [2.24, 2.45) is 0 Å². The Kier molecular flexibility index (Phi) is 3.15. The van der Waals surface area contributed by atoms with Crippen LogP contribution in [0.5, 0.6) is 0 Å².